The third-order valence-corrected chi connectivity index (χ3v) is 6.48. The van der Waals surface area contributed by atoms with Crippen LogP contribution in [0.3, 0.4) is 0 Å². The van der Waals surface area contributed by atoms with E-state index in [1.807, 2.05) is 0 Å². The molecule has 0 aliphatic rings. The second-order valence-electron chi connectivity index (χ2n) is 5.87. The van der Waals surface area contributed by atoms with Gasteiger partial charge in [-0.15, -0.1) is 0 Å². The zero-order chi connectivity index (χ0) is 20.9. The Labute approximate surface area is 169 Å². The van der Waals surface area contributed by atoms with Gasteiger partial charge in [0.15, 0.2) is 0 Å². The fourth-order valence-electron chi connectivity index (χ4n) is 2.43. The van der Waals surface area contributed by atoms with E-state index in [2.05, 4.69) is 10.0 Å². The maximum atomic E-state index is 12.2. The van der Waals surface area contributed by atoms with Gasteiger partial charge in [0.05, 0.1) is 9.79 Å². The maximum absolute atomic E-state index is 12.2. The van der Waals surface area contributed by atoms with Gasteiger partial charge in [-0.05, 0) is 42.3 Å². The minimum absolute atomic E-state index is 0.00615. The highest BCUT2D eigenvalue weighted by molar-refractivity contribution is 7.89. The fraction of sp³-hybridized carbons (Fsp3) is 0.235. The standard InChI is InChI=1S/C17H20ClN3O5S2/c1-2-12-6-7-14(11-16(12)27(19,23)24)21-17(22)8-9-20-28(25,26)15-5-3-4-13(18)10-15/h3-7,10-11,20H,2,8-9H2,1H3,(H,21,22)(H2,19,23,24). The Hall–Kier alpha value is -1.98. The summed E-state index contributed by atoms with van der Waals surface area (Å²) in [5.74, 6) is -0.488. The maximum Gasteiger partial charge on any atom is 0.240 e. The van der Waals surface area contributed by atoms with E-state index in [-0.39, 0.29) is 33.5 Å². The number of primary sulfonamides is 1. The molecule has 0 aliphatic carbocycles. The number of carbonyl (C=O) groups excluding carboxylic acids is 1. The van der Waals surface area contributed by atoms with E-state index in [4.69, 9.17) is 16.7 Å². The summed E-state index contributed by atoms with van der Waals surface area (Å²) in [5.41, 5.74) is 0.790. The largest absolute Gasteiger partial charge is 0.326 e. The lowest BCUT2D eigenvalue weighted by atomic mass is 10.1. The molecule has 2 aromatic rings. The molecule has 28 heavy (non-hydrogen) atoms. The molecule has 2 rings (SSSR count). The Morgan fingerprint density at radius 1 is 1.11 bits per heavy atom. The normalized spacial score (nSPS) is 12.0. The van der Waals surface area contributed by atoms with Gasteiger partial charge >= 0.3 is 0 Å². The molecule has 0 bridgehead atoms. The number of nitrogens with one attached hydrogen (secondary N) is 2. The summed E-state index contributed by atoms with van der Waals surface area (Å²) in [5, 5.41) is 8.01. The van der Waals surface area contributed by atoms with Gasteiger partial charge in [-0.2, -0.15) is 0 Å². The van der Waals surface area contributed by atoms with Crippen LogP contribution in [-0.4, -0.2) is 29.3 Å². The lowest BCUT2D eigenvalue weighted by Gasteiger charge is -2.11. The highest BCUT2D eigenvalue weighted by Gasteiger charge is 2.16. The van der Waals surface area contributed by atoms with Gasteiger partial charge in [-0.1, -0.05) is 30.7 Å². The number of halogens is 1. The predicted octanol–water partition coefficient (Wildman–Crippen LogP) is 1.86. The molecule has 0 unspecified atom stereocenters. The summed E-state index contributed by atoms with van der Waals surface area (Å²) in [4.78, 5) is 12.0. The van der Waals surface area contributed by atoms with Gasteiger partial charge in [0.25, 0.3) is 0 Å². The number of hydrogen-bond acceptors (Lipinski definition) is 5. The lowest BCUT2D eigenvalue weighted by molar-refractivity contribution is -0.116. The minimum atomic E-state index is -3.93. The van der Waals surface area contributed by atoms with Crippen molar-refractivity contribution in [2.24, 2.45) is 5.14 Å². The first-order chi connectivity index (χ1) is 13.0. The molecule has 0 saturated heterocycles. The molecule has 0 atom stereocenters. The quantitative estimate of drug-likeness (QED) is 0.569. The Balaban J connectivity index is 2.00. The topological polar surface area (TPSA) is 135 Å². The number of carbonyl (C=O) groups is 1. The number of hydrogen-bond donors (Lipinski definition) is 3. The average molecular weight is 446 g/mol. The molecule has 0 saturated carbocycles. The number of anilines is 1. The third-order valence-electron chi connectivity index (χ3n) is 3.79. The number of nitrogens with two attached hydrogens (primary N) is 1. The number of amides is 1. The van der Waals surface area contributed by atoms with Crippen LogP contribution in [0.2, 0.25) is 5.02 Å². The van der Waals surface area contributed by atoms with Crippen LogP contribution in [0.5, 0.6) is 0 Å². The van der Waals surface area contributed by atoms with Gasteiger partial charge in [0.2, 0.25) is 26.0 Å². The van der Waals surface area contributed by atoms with Crippen LogP contribution < -0.4 is 15.2 Å². The van der Waals surface area contributed by atoms with Crippen LogP contribution in [0.25, 0.3) is 0 Å². The lowest BCUT2D eigenvalue weighted by Crippen LogP contribution is -2.28. The second-order valence-corrected chi connectivity index (χ2v) is 9.61. The molecule has 0 heterocycles. The van der Waals surface area contributed by atoms with Crippen LogP contribution in [0.4, 0.5) is 5.69 Å². The smallest absolute Gasteiger partial charge is 0.240 e. The van der Waals surface area contributed by atoms with Gasteiger partial charge in [-0.25, -0.2) is 26.7 Å². The number of aryl methyl sites for hydroxylation is 1. The van der Waals surface area contributed by atoms with Gasteiger partial charge < -0.3 is 5.32 Å². The van der Waals surface area contributed by atoms with Crippen molar-refractivity contribution in [1.82, 2.24) is 4.72 Å². The molecule has 0 fully saturated rings. The zero-order valence-electron chi connectivity index (χ0n) is 15.0. The number of benzene rings is 2. The minimum Gasteiger partial charge on any atom is -0.326 e. The van der Waals surface area contributed by atoms with Crippen molar-refractivity contribution in [2.45, 2.75) is 29.6 Å². The Kier molecular flexibility index (Phi) is 7.18. The van der Waals surface area contributed by atoms with Crippen molar-refractivity contribution in [3.8, 4) is 0 Å². The molecule has 0 aliphatic heterocycles. The highest BCUT2D eigenvalue weighted by atomic mass is 35.5. The van der Waals surface area contributed by atoms with Crippen molar-refractivity contribution in [2.75, 3.05) is 11.9 Å². The van der Waals surface area contributed by atoms with Crippen LogP contribution >= 0.6 is 11.6 Å². The molecule has 4 N–H and O–H groups in total. The van der Waals surface area contributed by atoms with Gasteiger partial charge in [0, 0.05) is 23.7 Å². The van der Waals surface area contributed by atoms with Gasteiger partial charge in [0.1, 0.15) is 0 Å². The van der Waals surface area contributed by atoms with E-state index in [9.17, 15) is 21.6 Å². The van der Waals surface area contributed by atoms with Crippen LogP contribution in [0, 0.1) is 0 Å². The van der Waals surface area contributed by atoms with Crippen molar-refractivity contribution >= 4 is 43.2 Å². The predicted molar refractivity (Wildman–Crippen MR) is 107 cm³/mol. The first-order valence-corrected chi connectivity index (χ1v) is 11.6. The average Bonchev–Trinajstić information content (AvgIpc) is 2.60. The molecule has 152 valence electrons. The van der Waals surface area contributed by atoms with Crippen molar-refractivity contribution < 1.29 is 21.6 Å². The van der Waals surface area contributed by atoms with E-state index in [1.165, 1.54) is 24.3 Å². The molecule has 8 nitrogen and oxygen atoms in total. The van der Waals surface area contributed by atoms with E-state index >= 15 is 0 Å². The SMILES string of the molecule is CCc1ccc(NC(=O)CCNS(=O)(=O)c2cccc(Cl)c2)cc1S(N)(=O)=O. The Morgan fingerprint density at radius 2 is 1.82 bits per heavy atom. The number of sulfonamides is 2. The summed E-state index contributed by atoms with van der Waals surface area (Å²) in [6, 6.07) is 10.1. The van der Waals surface area contributed by atoms with Crippen LogP contribution in [0.1, 0.15) is 18.9 Å². The van der Waals surface area contributed by atoms with Crippen molar-refractivity contribution in [3.63, 3.8) is 0 Å². The molecule has 0 radical (unpaired) electrons. The molecule has 0 aromatic heterocycles. The van der Waals surface area contributed by atoms with Gasteiger partial charge in [-0.3, -0.25) is 4.79 Å². The van der Waals surface area contributed by atoms with Crippen LogP contribution in [-0.2, 0) is 31.3 Å². The fourth-order valence-corrected chi connectivity index (χ4v) is 4.63. The number of rotatable bonds is 8. The van der Waals surface area contributed by atoms with Crippen molar-refractivity contribution in [1.29, 1.82) is 0 Å². The van der Waals surface area contributed by atoms with Crippen molar-refractivity contribution in [3.05, 3.63) is 53.1 Å². The monoisotopic (exact) mass is 445 g/mol. The van der Waals surface area contributed by atoms with E-state index < -0.39 is 26.0 Å². The second kappa shape index (κ2) is 9.01. The first-order valence-electron chi connectivity index (χ1n) is 8.24. The molecule has 1 amide bonds. The summed E-state index contributed by atoms with van der Waals surface area (Å²) in [6.07, 6.45) is 0.311. The zero-order valence-corrected chi connectivity index (χ0v) is 17.4. The van der Waals surface area contributed by atoms with E-state index in [0.717, 1.165) is 0 Å². The molecular formula is C17H20ClN3O5S2. The van der Waals surface area contributed by atoms with E-state index in [0.29, 0.717) is 12.0 Å². The summed E-state index contributed by atoms with van der Waals surface area (Å²) in [7, 11) is -7.72. The molecule has 2 aromatic carbocycles. The highest BCUT2D eigenvalue weighted by Crippen LogP contribution is 2.20. The Morgan fingerprint density at radius 3 is 2.43 bits per heavy atom. The third kappa shape index (κ3) is 6.01. The Bertz CT molecular complexity index is 1090. The summed E-state index contributed by atoms with van der Waals surface area (Å²) in [6.45, 7) is 1.64. The van der Waals surface area contributed by atoms with E-state index in [1.54, 1.807) is 25.1 Å². The summed E-state index contributed by atoms with van der Waals surface area (Å²) >= 11 is 5.78. The first kappa shape index (κ1) is 22.3. The molecular weight excluding hydrogens is 426 g/mol. The van der Waals surface area contributed by atoms with Crippen LogP contribution in [0.15, 0.2) is 52.3 Å². The molecule has 0 spiro atoms. The summed E-state index contributed by atoms with van der Waals surface area (Å²) < 4.78 is 50.0. The molecule has 11 heteroatoms.